The number of ether oxygens (including phenoxy) is 2. The van der Waals surface area contributed by atoms with E-state index in [1.165, 1.54) is 4.90 Å². The Morgan fingerprint density at radius 2 is 1.57 bits per heavy atom. The molecule has 9 heteroatoms. The molecule has 208 valence electrons. The SMILES string of the molecule is C/C(=N/NC(=O)N(C)CCN(C)C(=O)CCOCCC(C)C)c1ccc(OCCCC(=O)C(C)C)cc1. The smallest absolute Gasteiger partial charge is 0.337 e. The molecule has 0 aliphatic heterocycles. The lowest BCUT2D eigenvalue weighted by atomic mass is 10.1. The molecule has 0 aromatic heterocycles. The van der Waals surface area contributed by atoms with Crippen LogP contribution >= 0.6 is 0 Å². The summed E-state index contributed by atoms with van der Waals surface area (Å²) in [5.74, 6) is 1.60. The van der Waals surface area contributed by atoms with E-state index in [-0.39, 0.29) is 23.6 Å². The van der Waals surface area contributed by atoms with E-state index < -0.39 is 0 Å². The van der Waals surface area contributed by atoms with Crippen LogP contribution in [0.2, 0.25) is 0 Å². The molecule has 0 fully saturated rings. The van der Waals surface area contributed by atoms with Crippen molar-refractivity contribution in [3.8, 4) is 5.75 Å². The van der Waals surface area contributed by atoms with Crippen molar-refractivity contribution in [3.05, 3.63) is 29.8 Å². The standard InChI is InChI=1S/C28H46N4O5/c1-21(2)14-19-36-20-15-27(34)31(6)16-17-32(7)28(35)30-29-23(5)24-10-12-25(13-11-24)37-18-8-9-26(33)22(3)4/h10-13,21-22H,8-9,14-20H2,1-7H3,(H,30,35)/b29-23-. The highest BCUT2D eigenvalue weighted by molar-refractivity contribution is 5.99. The van der Waals surface area contributed by atoms with E-state index in [9.17, 15) is 14.4 Å². The van der Waals surface area contributed by atoms with E-state index in [1.54, 1.807) is 19.0 Å². The summed E-state index contributed by atoms with van der Waals surface area (Å²) in [6.45, 7) is 12.3. The summed E-state index contributed by atoms with van der Waals surface area (Å²) >= 11 is 0. The summed E-state index contributed by atoms with van der Waals surface area (Å²) in [4.78, 5) is 39.4. The first-order valence-electron chi connectivity index (χ1n) is 13.1. The number of carbonyl (C=O) groups is 3. The van der Waals surface area contributed by atoms with Crippen molar-refractivity contribution in [2.24, 2.45) is 16.9 Å². The first kappa shape index (κ1) is 32.1. The van der Waals surface area contributed by atoms with Gasteiger partial charge in [0.1, 0.15) is 11.5 Å². The number of hydrazone groups is 1. The average Bonchev–Trinajstić information content (AvgIpc) is 2.87. The normalized spacial score (nSPS) is 11.5. The van der Waals surface area contributed by atoms with Crippen molar-refractivity contribution < 1.29 is 23.9 Å². The Hall–Kier alpha value is -2.94. The molecule has 0 aliphatic carbocycles. The lowest BCUT2D eigenvalue weighted by molar-refractivity contribution is -0.131. The number of urea groups is 1. The molecule has 0 heterocycles. The molecule has 3 amide bonds. The van der Waals surface area contributed by atoms with E-state index >= 15 is 0 Å². The number of hydrogen-bond donors (Lipinski definition) is 1. The zero-order valence-corrected chi connectivity index (χ0v) is 23.7. The second-order valence-electron chi connectivity index (χ2n) is 9.99. The molecule has 0 atom stereocenters. The number of Topliss-reactive ketones (excluding diaryl/α,β-unsaturated/α-hetero) is 1. The van der Waals surface area contributed by atoms with Crippen molar-refractivity contribution in [2.45, 2.75) is 60.3 Å². The number of likely N-dealkylation sites (N-methyl/N-ethyl adjacent to an activating group) is 2. The van der Waals surface area contributed by atoms with Gasteiger partial charge in [-0.3, -0.25) is 9.59 Å². The number of rotatable bonds is 17. The number of nitrogens with one attached hydrogen (secondary N) is 1. The van der Waals surface area contributed by atoms with Crippen LogP contribution in [0, 0.1) is 11.8 Å². The number of nitrogens with zero attached hydrogens (tertiary/aromatic N) is 3. The summed E-state index contributed by atoms with van der Waals surface area (Å²) in [6, 6.07) is 7.07. The van der Waals surface area contributed by atoms with Crippen LogP contribution in [0.15, 0.2) is 29.4 Å². The minimum atomic E-state index is -0.354. The van der Waals surface area contributed by atoms with Crippen LogP contribution < -0.4 is 10.2 Å². The maximum absolute atomic E-state index is 12.4. The van der Waals surface area contributed by atoms with Gasteiger partial charge >= 0.3 is 6.03 Å². The van der Waals surface area contributed by atoms with Crippen LogP contribution in [0.5, 0.6) is 5.75 Å². The third-order valence-corrected chi connectivity index (χ3v) is 5.91. The zero-order valence-electron chi connectivity index (χ0n) is 23.7. The Morgan fingerprint density at radius 3 is 2.19 bits per heavy atom. The molecule has 1 aromatic carbocycles. The second kappa shape index (κ2) is 17.5. The Bertz CT molecular complexity index is 868. The van der Waals surface area contributed by atoms with Crippen LogP contribution in [0.3, 0.4) is 0 Å². The molecular formula is C28H46N4O5. The van der Waals surface area contributed by atoms with Gasteiger partial charge in [0, 0.05) is 46.1 Å². The summed E-state index contributed by atoms with van der Waals surface area (Å²) in [5.41, 5.74) is 4.06. The summed E-state index contributed by atoms with van der Waals surface area (Å²) in [7, 11) is 3.39. The number of carbonyl (C=O) groups excluding carboxylic acids is 3. The molecule has 0 radical (unpaired) electrons. The number of benzene rings is 1. The molecule has 1 aromatic rings. The molecule has 0 aliphatic rings. The third-order valence-electron chi connectivity index (χ3n) is 5.91. The van der Waals surface area contributed by atoms with Crippen LogP contribution in [-0.4, -0.2) is 80.2 Å². The first-order chi connectivity index (χ1) is 17.5. The van der Waals surface area contributed by atoms with Crippen LogP contribution in [0.1, 0.15) is 65.9 Å². The van der Waals surface area contributed by atoms with Gasteiger partial charge < -0.3 is 19.3 Å². The summed E-state index contributed by atoms with van der Waals surface area (Å²) < 4.78 is 11.2. The zero-order chi connectivity index (χ0) is 27.8. The monoisotopic (exact) mass is 518 g/mol. The highest BCUT2D eigenvalue weighted by Gasteiger charge is 2.13. The maximum atomic E-state index is 12.4. The number of amides is 3. The molecule has 0 bridgehead atoms. The Morgan fingerprint density at radius 1 is 0.919 bits per heavy atom. The molecule has 9 nitrogen and oxygen atoms in total. The van der Waals surface area contributed by atoms with E-state index in [2.05, 4.69) is 24.4 Å². The molecular weight excluding hydrogens is 472 g/mol. The lowest BCUT2D eigenvalue weighted by Crippen LogP contribution is -2.41. The molecule has 0 saturated heterocycles. The molecule has 0 spiro atoms. The first-order valence-corrected chi connectivity index (χ1v) is 13.1. The van der Waals surface area contributed by atoms with Crippen molar-refractivity contribution >= 4 is 23.4 Å². The van der Waals surface area contributed by atoms with Crippen LogP contribution in [-0.2, 0) is 14.3 Å². The lowest BCUT2D eigenvalue weighted by Gasteiger charge is -2.22. The fraction of sp³-hybridized carbons (Fsp3) is 0.643. The number of ketones is 1. The highest BCUT2D eigenvalue weighted by Crippen LogP contribution is 2.14. The largest absolute Gasteiger partial charge is 0.494 e. The van der Waals surface area contributed by atoms with Gasteiger partial charge in [-0.25, -0.2) is 10.2 Å². The van der Waals surface area contributed by atoms with Crippen molar-refractivity contribution in [1.29, 1.82) is 0 Å². The number of hydrogen-bond acceptors (Lipinski definition) is 6. The van der Waals surface area contributed by atoms with Gasteiger partial charge in [-0.1, -0.05) is 27.7 Å². The highest BCUT2D eigenvalue weighted by atomic mass is 16.5. The molecule has 0 saturated carbocycles. The topological polar surface area (TPSA) is 101 Å². The van der Waals surface area contributed by atoms with Gasteiger partial charge in [-0.05, 0) is 55.5 Å². The Kier molecular flexibility index (Phi) is 15.2. The van der Waals surface area contributed by atoms with Crippen LogP contribution in [0.25, 0.3) is 0 Å². The van der Waals surface area contributed by atoms with E-state index in [0.717, 1.165) is 17.7 Å². The summed E-state index contributed by atoms with van der Waals surface area (Å²) in [5, 5.41) is 4.19. The van der Waals surface area contributed by atoms with Crippen LogP contribution in [0.4, 0.5) is 4.79 Å². The fourth-order valence-electron chi connectivity index (χ4n) is 3.10. The average molecular weight is 519 g/mol. The van der Waals surface area contributed by atoms with Crippen molar-refractivity contribution in [1.82, 2.24) is 15.2 Å². The Labute approximate surface area is 222 Å². The van der Waals surface area contributed by atoms with Crippen molar-refractivity contribution in [2.75, 3.05) is 47.0 Å². The van der Waals surface area contributed by atoms with Crippen molar-refractivity contribution in [3.63, 3.8) is 0 Å². The minimum Gasteiger partial charge on any atom is -0.494 e. The quantitative estimate of drug-likeness (QED) is 0.188. The van der Waals surface area contributed by atoms with E-state index in [0.29, 0.717) is 63.8 Å². The van der Waals surface area contributed by atoms with Gasteiger partial charge in [0.25, 0.3) is 0 Å². The van der Waals surface area contributed by atoms with E-state index in [1.807, 2.05) is 45.0 Å². The maximum Gasteiger partial charge on any atom is 0.337 e. The molecule has 1 N–H and O–H groups in total. The summed E-state index contributed by atoms with van der Waals surface area (Å²) in [6.07, 6.45) is 2.52. The minimum absolute atomic E-state index is 0.0105. The van der Waals surface area contributed by atoms with Gasteiger partial charge in [-0.2, -0.15) is 5.10 Å². The van der Waals surface area contributed by atoms with Gasteiger partial charge in [0.05, 0.1) is 25.3 Å². The van der Waals surface area contributed by atoms with Gasteiger partial charge in [-0.15, -0.1) is 0 Å². The van der Waals surface area contributed by atoms with Gasteiger partial charge in [0.15, 0.2) is 0 Å². The Balaban J connectivity index is 2.36. The van der Waals surface area contributed by atoms with Gasteiger partial charge in [0.2, 0.25) is 5.91 Å². The molecule has 1 rings (SSSR count). The fourth-order valence-corrected chi connectivity index (χ4v) is 3.10. The van der Waals surface area contributed by atoms with E-state index in [4.69, 9.17) is 9.47 Å². The second-order valence-corrected chi connectivity index (χ2v) is 9.99. The third kappa shape index (κ3) is 13.8. The predicted octanol–water partition coefficient (Wildman–Crippen LogP) is 4.35. The molecule has 0 unspecified atom stereocenters. The molecule has 37 heavy (non-hydrogen) atoms. The predicted molar refractivity (Wildman–Crippen MR) is 147 cm³/mol.